The molecule has 0 N–H and O–H groups in total. The molecule has 0 saturated heterocycles. The maximum absolute atomic E-state index is 13.1. The van der Waals surface area contributed by atoms with Crippen molar-refractivity contribution in [1.82, 2.24) is 19.5 Å². The normalized spacial score (nSPS) is 12.3. The lowest BCUT2D eigenvalue weighted by Crippen LogP contribution is -2.13. The number of fused-ring (bicyclic) bond motifs is 1. The third kappa shape index (κ3) is 3.20. The van der Waals surface area contributed by atoms with Gasteiger partial charge in [-0.2, -0.15) is 13.2 Å². The van der Waals surface area contributed by atoms with Crippen molar-refractivity contribution >= 4 is 26.8 Å². The number of hydrogen-bond acceptors (Lipinski definition) is 5. The first kappa shape index (κ1) is 19.8. The number of hydrogen-bond donors (Lipinski definition) is 0. The number of rotatable bonds is 3. The molecule has 0 aliphatic heterocycles. The van der Waals surface area contributed by atoms with Crippen LogP contribution in [-0.4, -0.2) is 33.7 Å². The Morgan fingerprint density at radius 2 is 1.93 bits per heavy atom. The van der Waals surface area contributed by atoms with E-state index in [1.165, 1.54) is 18.5 Å². The van der Waals surface area contributed by atoms with Gasteiger partial charge in [-0.1, -0.05) is 18.5 Å². The Balaban J connectivity index is 2.35. The molecule has 0 bridgehead atoms. The zero-order chi connectivity index (χ0) is 20.9. The molecule has 146 valence electrons. The average Bonchev–Trinajstić information content (AvgIpc) is 2.95. The number of imidazole rings is 1. The topological polar surface area (TPSA) is 82.1 Å². The van der Waals surface area contributed by atoms with Crippen molar-refractivity contribution in [3.63, 3.8) is 0 Å². The Labute approximate surface area is 158 Å². The highest BCUT2D eigenvalue weighted by Crippen LogP contribution is 2.35. The predicted molar refractivity (Wildman–Crippen MR) is 95.5 cm³/mol. The van der Waals surface area contributed by atoms with Crippen molar-refractivity contribution in [2.24, 2.45) is 7.05 Å². The van der Waals surface area contributed by atoms with E-state index >= 15 is 0 Å². The molecule has 0 aliphatic carbocycles. The van der Waals surface area contributed by atoms with E-state index in [1.54, 1.807) is 13.0 Å². The second-order valence-corrected chi connectivity index (χ2v) is 8.30. The smallest absolute Gasteiger partial charge is 0.360 e. The van der Waals surface area contributed by atoms with Crippen molar-refractivity contribution < 1.29 is 21.6 Å². The molecule has 3 aromatic heterocycles. The molecule has 0 atom stereocenters. The average molecular weight is 409 g/mol. The first-order chi connectivity index (χ1) is 13.0. The minimum absolute atomic E-state index is 0.0461. The summed E-state index contributed by atoms with van der Waals surface area (Å²) in [5.74, 6) is -0.194. The second-order valence-electron chi connectivity index (χ2n) is 6.05. The van der Waals surface area contributed by atoms with E-state index in [0.29, 0.717) is 29.0 Å². The van der Waals surface area contributed by atoms with Crippen molar-refractivity contribution in [2.75, 3.05) is 5.75 Å². The number of aromatic nitrogens is 4. The zero-order valence-corrected chi connectivity index (χ0v) is 15.9. The number of halogens is 3. The Morgan fingerprint density at radius 3 is 2.50 bits per heavy atom. The lowest BCUT2D eigenvalue weighted by molar-refractivity contribution is -0.138. The predicted octanol–water partition coefficient (Wildman–Crippen LogP) is 3.70. The molecule has 3 rings (SSSR count). The van der Waals surface area contributed by atoms with Gasteiger partial charge < -0.3 is 4.85 Å². The summed E-state index contributed by atoms with van der Waals surface area (Å²) < 4.78 is 65.5. The molecule has 11 heteroatoms. The standard InChI is InChI=1S/C17H14F3N5O2S/c1-5-28(26,27)12-7-10(17(18,19)20)8-22-13(12)16-23-11-6-9(2)14(21-3)24-15(11)25(16)4/h6-8H,5H2,1-2,4H3. The minimum atomic E-state index is -4.74. The molecular formula is C17H14F3N5O2S. The molecule has 0 aliphatic rings. The van der Waals surface area contributed by atoms with E-state index in [0.717, 1.165) is 0 Å². The van der Waals surface area contributed by atoms with Crippen LogP contribution in [0, 0.1) is 13.5 Å². The lowest BCUT2D eigenvalue weighted by Gasteiger charge is -2.12. The Kier molecular flexibility index (Phi) is 4.63. The van der Waals surface area contributed by atoms with Crippen molar-refractivity contribution in [3.8, 4) is 11.5 Å². The minimum Gasteiger partial charge on any atom is -0.360 e. The van der Waals surface area contributed by atoms with Gasteiger partial charge in [0.1, 0.15) is 11.2 Å². The van der Waals surface area contributed by atoms with Gasteiger partial charge in [-0.15, -0.1) is 0 Å². The van der Waals surface area contributed by atoms with Gasteiger partial charge in [-0.3, -0.25) is 9.55 Å². The van der Waals surface area contributed by atoms with Crippen LogP contribution in [0.4, 0.5) is 19.0 Å². The van der Waals surface area contributed by atoms with Crippen molar-refractivity contribution in [2.45, 2.75) is 24.9 Å². The first-order valence-corrected chi connectivity index (χ1v) is 9.66. The molecule has 0 aromatic carbocycles. The molecule has 0 unspecified atom stereocenters. The number of alkyl halides is 3. The molecule has 0 amide bonds. The summed E-state index contributed by atoms with van der Waals surface area (Å²) in [7, 11) is -2.49. The van der Waals surface area contributed by atoms with Gasteiger partial charge in [0.25, 0.3) is 11.5 Å². The van der Waals surface area contributed by atoms with Crippen LogP contribution in [0.3, 0.4) is 0 Å². The summed E-state index contributed by atoms with van der Waals surface area (Å²) in [5, 5.41) is 0. The molecule has 28 heavy (non-hydrogen) atoms. The second kappa shape index (κ2) is 6.56. The van der Waals surface area contributed by atoms with E-state index in [4.69, 9.17) is 6.57 Å². The summed E-state index contributed by atoms with van der Waals surface area (Å²) >= 11 is 0. The summed E-state index contributed by atoms with van der Waals surface area (Å²) in [6, 6.07) is 2.18. The van der Waals surface area contributed by atoms with E-state index < -0.39 is 32.2 Å². The van der Waals surface area contributed by atoms with Gasteiger partial charge in [0.15, 0.2) is 15.7 Å². The third-order valence-corrected chi connectivity index (χ3v) is 5.96. The molecule has 3 heterocycles. The molecule has 0 saturated carbocycles. The maximum Gasteiger partial charge on any atom is 0.417 e. The molecular weight excluding hydrogens is 395 g/mol. The number of nitrogens with zero attached hydrogens (tertiary/aromatic N) is 5. The van der Waals surface area contributed by atoms with Gasteiger partial charge in [0.2, 0.25) is 0 Å². The van der Waals surface area contributed by atoms with Crippen LogP contribution in [0.5, 0.6) is 0 Å². The highest BCUT2D eigenvalue weighted by molar-refractivity contribution is 7.91. The summed E-state index contributed by atoms with van der Waals surface area (Å²) in [4.78, 5) is 15.0. The number of pyridine rings is 2. The fourth-order valence-corrected chi connectivity index (χ4v) is 3.74. The van der Waals surface area contributed by atoms with Crippen LogP contribution in [0.2, 0.25) is 0 Å². The summed E-state index contributed by atoms with van der Waals surface area (Å²) in [5.41, 5.74) is -0.102. The van der Waals surface area contributed by atoms with Gasteiger partial charge in [0, 0.05) is 13.2 Å². The Morgan fingerprint density at radius 1 is 1.25 bits per heavy atom. The Hall–Kier alpha value is -3.00. The van der Waals surface area contributed by atoms with Crippen LogP contribution in [0.15, 0.2) is 23.2 Å². The first-order valence-electron chi connectivity index (χ1n) is 8.01. The third-order valence-electron chi connectivity index (χ3n) is 4.22. The van der Waals surface area contributed by atoms with Crippen LogP contribution in [-0.2, 0) is 23.1 Å². The molecule has 3 aromatic rings. The van der Waals surface area contributed by atoms with Gasteiger partial charge in [0.05, 0.1) is 16.2 Å². The Bertz CT molecular complexity index is 1240. The lowest BCUT2D eigenvalue weighted by atomic mass is 10.2. The van der Waals surface area contributed by atoms with Crippen LogP contribution in [0.1, 0.15) is 18.1 Å². The van der Waals surface area contributed by atoms with E-state index in [2.05, 4.69) is 19.8 Å². The quantitative estimate of drug-likeness (QED) is 0.616. The summed E-state index contributed by atoms with van der Waals surface area (Å²) in [6.07, 6.45) is -4.16. The zero-order valence-electron chi connectivity index (χ0n) is 15.0. The molecule has 0 radical (unpaired) electrons. The largest absolute Gasteiger partial charge is 0.417 e. The molecule has 7 nitrogen and oxygen atoms in total. The summed E-state index contributed by atoms with van der Waals surface area (Å²) in [6.45, 7) is 10.2. The fraction of sp³-hybridized carbons (Fsp3) is 0.294. The number of sulfone groups is 1. The van der Waals surface area contributed by atoms with E-state index in [1.807, 2.05) is 0 Å². The van der Waals surface area contributed by atoms with Crippen LogP contribution < -0.4 is 0 Å². The molecule has 0 spiro atoms. The van der Waals surface area contributed by atoms with Gasteiger partial charge >= 0.3 is 6.18 Å². The van der Waals surface area contributed by atoms with Crippen molar-refractivity contribution in [3.05, 3.63) is 40.9 Å². The van der Waals surface area contributed by atoms with Crippen molar-refractivity contribution in [1.29, 1.82) is 0 Å². The van der Waals surface area contributed by atoms with Gasteiger partial charge in [-0.05, 0) is 24.6 Å². The highest BCUT2D eigenvalue weighted by Gasteiger charge is 2.34. The van der Waals surface area contributed by atoms with E-state index in [9.17, 15) is 21.6 Å². The number of aryl methyl sites for hydroxylation is 2. The van der Waals surface area contributed by atoms with Crippen LogP contribution >= 0.6 is 0 Å². The monoisotopic (exact) mass is 409 g/mol. The SMILES string of the molecule is [C-]#[N+]c1nc2c(cc1C)nc(-c1ncc(C(F)(F)F)cc1S(=O)(=O)CC)n2C. The van der Waals surface area contributed by atoms with Crippen LogP contribution in [0.25, 0.3) is 27.5 Å². The highest BCUT2D eigenvalue weighted by atomic mass is 32.2. The molecule has 0 fully saturated rings. The van der Waals surface area contributed by atoms with Gasteiger partial charge in [-0.25, -0.2) is 13.4 Å². The fourth-order valence-electron chi connectivity index (χ4n) is 2.68. The maximum atomic E-state index is 13.1. The van der Waals surface area contributed by atoms with E-state index in [-0.39, 0.29) is 17.3 Å².